The van der Waals surface area contributed by atoms with Crippen molar-refractivity contribution in [3.05, 3.63) is 34.3 Å². The second-order valence-electron chi connectivity index (χ2n) is 4.82. The zero-order valence-electron chi connectivity index (χ0n) is 11.0. The Morgan fingerprint density at radius 2 is 2.20 bits per heavy atom. The van der Waals surface area contributed by atoms with Gasteiger partial charge in [0.15, 0.2) is 0 Å². The van der Waals surface area contributed by atoms with Gasteiger partial charge in [-0.25, -0.2) is 0 Å². The van der Waals surface area contributed by atoms with E-state index in [1.165, 1.54) is 0 Å². The number of hydrogen-bond acceptors (Lipinski definition) is 3. The van der Waals surface area contributed by atoms with Crippen LogP contribution in [0.4, 0.5) is 0 Å². The first-order valence-corrected chi connectivity index (χ1v) is 7.28. The highest BCUT2D eigenvalue weighted by molar-refractivity contribution is 9.10. The van der Waals surface area contributed by atoms with Crippen LogP contribution < -0.4 is 11.1 Å². The fourth-order valence-corrected chi connectivity index (χ4v) is 2.58. The van der Waals surface area contributed by atoms with E-state index in [0.717, 1.165) is 10.0 Å². The highest BCUT2D eigenvalue weighted by atomic mass is 79.9. The van der Waals surface area contributed by atoms with Gasteiger partial charge in [-0.1, -0.05) is 34.1 Å². The van der Waals surface area contributed by atoms with Gasteiger partial charge in [-0.05, 0) is 18.1 Å². The summed E-state index contributed by atoms with van der Waals surface area (Å²) in [5.74, 6) is -0.887. The zero-order valence-corrected chi connectivity index (χ0v) is 12.6. The number of amides is 2. The lowest BCUT2D eigenvalue weighted by atomic mass is 10.0. The van der Waals surface area contributed by atoms with E-state index in [2.05, 4.69) is 21.2 Å². The van der Waals surface area contributed by atoms with Crippen molar-refractivity contribution in [3.8, 4) is 0 Å². The SMILES string of the molecule is NC(=O)[C@@H](Cc1ccccc1Br)NC(=O)[C@H]1CCOC1. The van der Waals surface area contributed by atoms with Gasteiger partial charge < -0.3 is 15.8 Å². The Bertz CT molecular complexity index is 501. The van der Waals surface area contributed by atoms with Crippen LogP contribution in [0.5, 0.6) is 0 Å². The summed E-state index contributed by atoms with van der Waals surface area (Å²) in [4.78, 5) is 23.6. The highest BCUT2D eigenvalue weighted by Gasteiger charge is 2.27. The average molecular weight is 341 g/mol. The van der Waals surface area contributed by atoms with Crippen molar-refractivity contribution in [1.29, 1.82) is 0 Å². The molecule has 2 amide bonds. The molecule has 1 fully saturated rings. The molecular formula is C14H17BrN2O3. The molecule has 1 aliphatic heterocycles. The number of hydrogen-bond donors (Lipinski definition) is 2. The van der Waals surface area contributed by atoms with E-state index in [1.807, 2.05) is 24.3 Å². The van der Waals surface area contributed by atoms with Crippen LogP contribution in [0.1, 0.15) is 12.0 Å². The molecule has 1 aromatic rings. The van der Waals surface area contributed by atoms with Crippen LogP contribution in [0.3, 0.4) is 0 Å². The van der Waals surface area contributed by atoms with Gasteiger partial charge >= 0.3 is 0 Å². The van der Waals surface area contributed by atoms with E-state index >= 15 is 0 Å². The van der Waals surface area contributed by atoms with Crippen LogP contribution in [-0.2, 0) is 20.7 Å². The summed E-state index contributed by atoms with van der Waals surface area (Å²) < 4.78 is 6.07. The smallest absolute Gasteiger partial charge is 0.240 e. The van der Waals surface area contributed by atoms with E-state index in [4.69, 9.17) is 10.5 Å². The zero-order chi connectivity index (χ0) is 14.5. The second-order valence-corrected chi connectivity index (χ2v) is 5.67. The maximum Gasteiger partial charge on any atom is 0.240 e. The summed E-state index contributed by atoms with van der Waals surface area (Å²) in [7, 11) is 0. The maximum absolute atomic E-state index is 12.0. The minimum atomic E-state index is -0.707. The largest absolute Gasteiger partial charge is 0.381 e. The molecular weight excluding hydrogens is 324 g/mol. The third kappa shape index (κ3) is 3.80. The molecule has 2 rings (SSSR count). The first-order chi connectivity index (χ1) is 9.58. The highest BCUT2D eigenvalue weighted by Crippen LogP contribution is 2.18. The summed E-state index contributed by atoms with van der Waals surface area (Å²) in [6, 6.07) is 6.85. The quantitative estimate of drug-likeness (QED) is 0.838. The number of carbonyl (C=O) groups excluding carboxylic acids is 2. The molecule has 2 atom stereocenters. The predicted octanol–water partition coefficient (Wildman–Crippen LogP) is 0.998. The average Bonchev–Trinajstić information content (AvgIpc) is 2.94. The molecule has 3 N–H and O–H groups in total. The van der Waals surface area contributed by atoms with Gasteiger partial charge in [0.05, 0.1) is 12.5 Å². The van der Waals surface area contributed by atoms with Crippen molar-refractivity contribution < 1.29 is 14.3 Å². The van der Waals surface area contributed by atoms with Gasteiger partial charge in [0.25, 0.3) is 0 Å². The minimum absolute atomic E-state index is 0.168. The van der Waals surface area contributed by atoms with Crippen molar-refractivity contribution in [2.75, 3.05) is 13.2 Å². The van der Waals surface area contributed by atoms with Gasteiger partial charge in [0.2, 0.25) is 11.8 Å². The number of halogens is 1. The van der Waals surface area contributed by atoms with E-state index in [-0.39, 0.29) is 11.8 Å². The molecule has 0 aliphatic carbocycles. The Labute approximate surface area is 126 Å². The monoisotopic (exact) mass is 340 g/mol. The lowest BCUT2D eigenvalue weighted by Gasteiger charge is -2.18. The molecule has 0 radical (unpaired) electrons. The Balaban J connectivity index is 2.02. The van der Waals surface area contributed by atoms with Crippen LogP contribution in [0.2, 0.25) is 0 Å². The minimum Gasteiger partial charge on any atom is -0.381 e. The van der Waals surface area contributed by atoms with Crippen molar-refractivity contribution in [2.45, 2.75) is 18.9 Å². The van der Waals surface area contributed by atoms with E-state index in [9.17, 15) is 9.59 Å². The maximum atomic E-state index is 12.0. The summed E-state index contributed by atoms with van der Waals surface area (Å²) in [6.45, 7) is 0.996. The van der Waals surface area contributed by atoms with E-state index < -0.39 is 11.9 Å². The third-order valence-electron chi connectivity index (χ3n) is 3.34. The van der Waals surface area contributed by atoms with Crippen molar-refractivity contribution in [3.63, 3.8) is 0 Å². The van der Waals surface area contributed by atoms with Gasteiger partial charge in [-0.15, -0.1) is 0 Å². The molecule has 1 aliphatic rings. The van der Waals surface area contributed by atoms with Gasteiger partial charge in [0, 0.05) is 17.5 Å². The molecule has 108 valence electrons. The number of nitrogens with two attached hydrogens (primary N) is 1. The Morgan fingerprint density at radius 3 is 2.80 bits per heavy atom. The van der Waals surface area contributed by atoms with Crippen LogP contribution >= 0.6 is 15.9 Å². The van der Waals surface area contributed by atoms with E-state index in [1.54, 1.807) is 0 Å². The van der Waals surface area contributed by atoms with Crippen molar-refractivity contribution >= 4 is 27.7 Å². The number of ether oxygens (including phenoxy) is 1. The predicted molar refractivity (Wildman–Crippen MR) is 77.9 cm³/mol. The summed E-state index contributed by atoms with van der Waals surface area (Å²) >= 11 is 3.42. The van der Waals surface area contributed by atoms with Crippen LogP contribution in [0.25, 0.3) is 0 Å². The molecule has 0 saturated carbocycles. The molecule has 5 nitrogen and oxygen atoms in total. The third-order valence-corrected chi connectivity index (χ3v) is 4.12. The van der Waals surface area contributed by atoms with Gasteiger partial charge in [-0.3, -0.25) is 9.59 Å². The summed E-state index contributed by atoms with van der Waals surface area (Å²) in [6.07, 6.45) is 1.06. The number of benzene rings is 1. The van der Waals surface area contributed by atoms with Gasteiger partial charge in [-0.2, -0.15) is 0 Å². The van der Waals surface area contributed by atoms with Crippen molar-refractivity contribution in [2.24, 2.45) is 11.7 Å². The first kappa shape index (κ1) is 15.0. The van der Waals surface area contributed by atoms with Crippen LogP contribution in [-0.4, -0.2) is 31.1 Å². The number of primary amides is 1. The molecule has 0 bridgehead atoms. The van der Waals surface area contributed by atoms with E-state index in [0.29, 0.717) is 26.1 Å². The Hall–Kier alpha value is -1.40. The topological polar surface area (TPSA) is 81.4 Å². The summed E-state index contributed by atoms with van der Waals surface area (Å²) in [5, 5.41) is 2.72. The normalized spacial score (nSPS) is 19.6. The fourth-order valence-electron chi connectivity index (χ4n) is 2.14. The molecule has 0 spiro atoms. The lowest BCUT2D eigenvalue weighted by molar-refractivity contribution is -0.129. The van der Waals surface area contributed by atoms with Gasteiger partial charge in [0.1, 0.15) is 6.04 Å². The lowest BCUT2D eigenvalue weighted by Crippen LogP contribution is -2.48. The molecule has 1 saturated heterocycles. The number of rotatable bonds is 5. The first-order valence-electron chi connectivity index (χ1n) is 6.48. The molecule has 6 heteroatoms. The standard InChI is InChI=1S/C14H17BrN2O3/c15-11-4-2-1-3-9(11)7-12(13(16)18)17-14(19)10-5-6-20-8-10/h1-4,10,12H,5-8H2,(H2,16,18)(H,17,19)/t10-,12+/m0/s1. The number of carbonyl (C=O) groups is 2. The van der Waals surface area contributed by atoms with Crippen molar-refractivity contribution in [1.82, 2.24) is 5.32 Å². The Kier molecular flexibility index (Phi) is 5.14. The molecule has 1 heterocycles. The molecule has 20 heavy (non-hydrogen) atoms. The second kappa shape index (κ2) is 6.85. The Morgan fingerprint density at radius 1 is 1.45 bits per heavy atom. The molecule has 0 unspecified atom stereocenters. The fraction of sp³-hybridized carbons (Fsp3) is 0.429. The molecule has 1 aromatic carbocycles. The van der Waals surface area contributed by atoms with Crippen LogP contribution in [0.15, 0.2) is 28.7 Å². The van der Waals surface area contributed by atoms with Crippen LogP contribution in [0, 0.1) is 5.92 Å². The number of nitrogens with one attached hydrogen (secondary N) is 1. The molecule has 0 aromatic heterocycles. The summed E-state index contributed by atoms with van der Waals surface area (Å²) in [5.41, 5.74) is 6.31.